The van der Waals surface area contributed by atoms with E-state index in [9.17, 15) is 4.39 Å². The Morgan fingerprint density at radius 3 is 2.79 bits per heavy atom. The third kappa shape index (κ3) is 3.69. The second kappa shape index (κ2) is 6.37. The maximum absolute atomic E-state index is 13.3. The van der Waals surface area contributed by atoms with Gasteiger partial charge in [0.1, 0.15) is 17.3 Å². The first kappa shape index (κ1) is 14.3. The lowest BCUT2D eigenvalue weighted by molar-refractivity contribution is 0.468. The molecule has 0 radical (unpaired) electrons. The Kier molecular flexibility index (Phi) is 4.80. The molecule has 2 nitrogen and oxygen atoms in total. The molecule has 2 rings (SSSR count). The number of halogens is 3. The predicted molar refractivity (Wildman–Crippen MR) is 78.4 cm³/mol. The van der Waals surface area contributed by atoms with Gasteiger partial charge in [-0.15, -0.1) is 0 Å². The van der Waals surface area contributed by atoms with Crippen LogP contribution < -0.4 is 10.1 Å². The van der Waals surface area contributed by atoms with Crippen molar-refractivity contribution in [1.29, 1.82) is 0 Å². The molecular weight excluding hydrogens is 333 g/mol. The minimum atomic E-state index is -0.360. The van der Waals surface area contributed by atoms with Gasteiger partial charge in [-0.3, -0.25) is 0 Å². The third-order valence-corrected chi connectivity index (χ3v) is 3.31. The molecule has 1 N–H and O–H groups in total. The van der Waals surface area contributed by atoms with Crippen LogP contribution in [0, 0.1) is 5.82 Å². The number of rotatable bonds is 4. The van der Waals surface area contributed by atoms with Crippen LogP contribution >= 0.6 is 27.5 Å². The van der Waals surface area contributed by atoms with Gasteiger partial charge in [0.05, 0.1) is 0 Å². The highest BCUT2D eigenvalue weighted by Crippen LogP contribution is 2.31. The van der Waals surface area contributed by atoms with Gasteiger partial charge < -0.3 is 10.1 Å². The number of ether oxygens (including phenoxy) is 1. The van der Waals surface area contributed by atoms with Crippen molar-refractivity contribution in [3.63, 3.8) is 0 Å². The summed E-state index contributed by atoms with van der Waals surface area (Å²) in [7, 11) is 1.83. The Balaban J connectivity index is 2.34. The first-order valence-corrected chi connectivity index (χ1v) is 6.83. The fourth-order valence-electron chi connectivity index (χ4n) is 1.70. The lowest BCUT2D eigenvalue weighted by atomic mass is 10.2. The second-order valence-corrected chi connectivity index (χ2v) is 5.28. The molecule has 0 bridgehead atoms. The Labute approximate surface area is 124 Å². The topological polar surface area (TPSA) is 21.3 Å². The van der Waals surface area contributed by atoms with Gasteiger partial charge >= 0.3 is 0 Å². The molecular formula is C14H12BrClFNO. The van der Waals surface area contributed by atoms with Gasteiger partial charge in [0, 0.05) is 27.7 Å². The average molecular weight is 345 g/mol. The van der Waals surface area contributed by atoms with E-state index in [2.05, 4.69) is 21.2 Å². The summed E-state index contributed by atoms with van der Waals surface area (Å²) in [6, 6.07) is 9.80. The minimum Gasteiger partial charge on any atom is -0.457 e. The summed E-state index contributed by atoms with van der Waals surface area (Å²) in [4.78, 5) is 0. The van der Waals surface area contributed by atoms with Crippen LogP contribution in [0.2, 0.25) is 5.02 Å². The van der Waals surface area contributed by atoms with E-state index in [-0.39, 0.29) is 5.82 Å². The largest absolute Gasteiger partial charge is 0.457 e. The standard InChI is InChI=1S/C14H12BrClFNO/c1-18-8-12-13(16)3-2-4-14(12)19-11-6-9(15)5-10(17)7-11/h2-7,18H,8H2,1H3. The van der Waals surface area contributed by atoms with Gasteiger partial charge in [-0.1, -0.05) is 33.6 Å². The van der Waals surface area contributed by atoms with Crippen molar-refractivity contribution in [2.45, 2.75) is 6.54 Å². The number of hydrogen-bond donors (Lipinski definition) is 1. The number of nitrogens with one attached hydrogen (secondary N) is 1. The van der Waals surface area contributed by atoms with Gasteiger partial charge in [0.25, 0.3) is 0 Å². The molecule has 2 aromatic rings. The van der Waals surface area contributed by atoms with Gasteiger partial charge in [0.2, 0.25) is 0 Å². The predicted octanol–water partition coefficient (Wildman–Crippen LogP) is 4.75. The van der Waals surface area contributed by atoms with E-state index in [4.69, 9.17) is 16.3 Å². The Hall–Kier alpha value is -1.10. The van der Waals surface area contributed by atoms with Crippen molar-refractivity contribution in [3.8, 4) is 11.5 Å². The molecule has 0 saturated heterocycles. The van der Waals surface area contributed by atoms with Crippen LogP contribution in [0.4, 0.5) is 4.39 Å². The molecule has 0 aromatic heterocycles. The van der Waals surface area contributed by atoms with Crippen molar-refractivity contribution in [2.24, 2.45) is 0 Å². The fraction of sp³-hybridized carbons (Fsp3) is 0.143. The quantitative estimate of drug-likeness (QED) is 0.864. The average Bonchev–Trinajstić information content (AvgIpc) is 2.32. The molecule has 0 heterocycles. The molecule has 0 fully saturated rings. The third-order valence-electron chi connectivity index (χ3n) is 2.49. The SMILES string of the molecule is CNCc1c(Cl)cccc1Oc1cc(F)cc(Br)c1. The van der Waals surface area contributed by atoms with Gasteiger partial charge in [-0.05, 0) is 31.3 Å². The maximum Gasteiger partial charge on any atom is 0.133 e. The van der Waals surface area contributed by atoms with E-state index >= 15 is 0 Å². The van der Waals surface area contributed by atoms with Crippen molar-refractivity contribution < 1.29 is 9.13 Å². The normalized spacial score (nSPS) is 10.5. The monoisotopic (exact) mass is 343 g/mol. The zero-order valence-electron chi connectivity index (χ0n) is 10.2. The number of benzene rings is 2. The summed E-state index contributed by atoms with van der Waals surface area (Å²) in [6.45, 7) is 0.575. The van der Waals surface area contributed by atoms with Crippen LogP contribution in [0.1, 0.15) is 5.56 Å². The summed E-state index contributed by atoms with van der Waals surface area (Å²) in [5, 5.41) is 3.64. The van der Waals surface area contributed by atoms with Crippen LogP contribution in [0.5, 0.6) is 11.5 Å². The first-order valence-electron chi connectivity index (χ1n) is 5.66. The van der Waals surface area contributed by atoms with E-state index in [1.165, 1.54) is 12.1 Å². The molecule has 0 amide bonds. The van der Waals surface area contributed by atoms with Crippen molar-refractivity contribution in [3.05, 3.63) is 57.3 Å². The summed E-state index contributed by atoms with van der Waals surface area (Å²) < 4.78 is 19.6. The van der Waals surface area contributed by atoms with E-state index in [1.807, 2.05) is 7.05 Å². The Morgan fingerprint density at radius 2 is 2.11 bits per heavy atom. The Morgan fingerprint density at radius 1 is 1.32 bits per heavy atom. The first-order chi connectivity index (χ1) is 9.10. The van der Waals surface area contributed by atoms with E-state index in [0.29, 0.717) is 27.5 Å². The van der Waals surface area contributed by atoms with Gasteiger partial charge in [-0.25, -0.2) is 4.39 Å². The molecule has 19 heavy (non-hydrogen) atoms. The highest BCUT2D eigenvalue weighted by molar-refractivity contribution is 9.10. The molecule has 0 aliphatic heterocycles. The zero-order valence-corrected chi connectivity index (χ0v) is 12.6. The molecule has 5 heteroatoms. The highest BCUT2D eigenvalue weighted by Gasteiger charge is 2.09. The molecule has 0 unspecified atom stereocenters. The number of hydrogen-bond acceptors (Lipinski definition) is 2. The minimum absolute atomic E-state index is 0.360. The zero-order chi connectivity index (χ0) is 13.8. The van der Waals surface area contributed by atoms with E-state index < -0.39 is 0 Å². The van der Waals surface area contributed by atoms with Crippen molar-refractivity contribution in [2.75, 3.05) is 7.05 Å². The maximum atomic E-state index is 13.3. The summed E-state index contributed by atoms with van der Waals surface area (Å²) in [5.74, 6) is 0.674. The lowest BCUT2D eigenvalue weighted by Gasteiger charge is -2.12. The summed E-state index contributed by atoms with van der Waals surface area (Å²) in [6.07, 6.45) is 0. The molecule has 0 spiro atoms. The van der Waals surface area contributed by atoms with Crippen LogP contribution in [0.25, 0.3) is 0 Å². The van der Waals surface area contributed by atoms with Gasteiger partial charge in [0.15, 0.2) is 0 Å². The second-order valence-electron chi connectivity index (χ2n) is 3.95. The molecule has 0 atom stereocenters. The highest BCUT2D eigenvalue weighted by atomic mass is 79.9. The summed E-state index contributed by atoms with van der Waals surface area (Å²) in [5.41, 5.74) is 0.840. The smallest absolute Gasteiger partial charge is 0.133 e. The fourth-order valence-corrected chi connectivity index (χ4v) is 2.37. The molecule has 2 aromatic carbocycles. The van der Waals surface area contributed by atoms with E-state index in [1.54, 1.807) is 24.3 Å². The molecule has 0 aliphatic rings. The van der Waals surface area contributed by atoms with Crippen LogP contribution in [0.15, 0.2) is 40.9 Å². The summed E-state index contributed by atoms with van der Waals surface area (Å²) >= 11 is 9.37. The molecule has 100 valence electrons. The van der Waals surface area contributed by atoms with Gasteiger partial charge in [-0.2, -0.15) is 0 Å². The van der Waals surface area contributed by atoms with E-state index in [0.717, 1.165) is 5.56 Å². The lowest BCUT2D eigenvalue weighted by Crippen LogP contribution is -2.07. The van der Waals surface area contributed by atoms with Crippen molar-refractivity contribution in [1.82, 2.24) is 5.32 Å². The molecule has 0 aliphatic carbocycles. The van der Waals surface area contributed by atoms with Crippen LogP contribution in [0.3, 0.4) is 0 Å². The van der Waals surface area contributed by atoms with Crippen LogP contribution in [-0.4, -0.2) is 7.05 Å². The molecule has 0 saturated carbocycles. The van der Waals surface area contributed by atoms with Crippen molar-refractivity contribution >= 4 is 27.5 Å². The Bertz CT molecular complexity index is 571. The van der Waals surface area contributed by atoms with Crippen LogP contribution in [-0.2, 0) is 6.54 Å².